The summed E-state index contributed by atoms with van der Waals surface area (Å²) in [5.74, 6) is -4.21. The minimum Gasteiger partial charge on any atom is -0.478 e. The highest BCUT2D eigenvalue weighted by molar-refractivity contribution is 5.98. The van der Waals surface area contributed by atoms with Crippen LogP contribution in [0.4, 0.5) is 18.9 Å². The predicted molar refractivity (Wildman–Crippen MR) is 87.4 cm³/mol. The van der Waals surface area contributed by atoms with Gasteiger partial charge in [-0.3, -0.25) is 4.79 Å². The molecular weight excluding hydrogens is 351 g/mol. The molecule has 138 valence electrons. The van der Waals surface area contributed by atoms with E-state index in [0.29, 0.717) is 6.07 Å². The molecule has 26 heavy (non-hydrogen) atoms. The first-order chi connectivity index (χ1) is 12.1. The molecule has 0 aliphatic carbocycles. The fraction of sp³-hybridized carbons (Fsp3) is 0.222. The molecule has 1 N–H and O–H groups in total. The summed E-state index contributed by atoms with van der Waals surface area (Å²) in [6.45, 7) is 2.82. The van der Waals surface area contributed by atoms with Crippen molar-refractivity contribution in [1.29, 1.82) is 0 Å². The van der Waals surface area contributed by atoms with Gasteiger partial charge in [0.05, 0.1) is 18.4 Å². The largest absolute Gasteiger partial charge is 0.478 e. The molecule has 2 rings (SSSR count). The Morgan fingerprint density at radius 2 is 1.62 bits per heavy atom. The summed E-state index contributed by atoms with van der Waals surface area (Å²) in [6.07, 6.45) is 0. The molecule has 0 aliphatic heterocycles. The lowest BCUT2D eigenvalue weighted by molar-refractivity contribution is -0.128. The van der Waals surface area contributed by atoms with Crippen LogP contribution in [0.25, 0.3) is 0 Å². The van der Waals surface area contributed by atoms with Crippen molar-refractivity contribution in [2.45, 2.75) is 19.4 Å². The van der Waals surface area contributed by atoms with E-state index in [1.165, 1.54) is 26.0 Å². The van der Waals surface area contributed by atoms with E-state index in [-0.39, 0.29) is 5.75 Å². The van der Waals surface area contributed by atoms with Gasteiger partial charge in [-0.05, 0) is 44.2 Å². The van der Waals surface area contributed by atoms with Crippen LogP contribution in [0.1, 0.15) is 24.2 Å². The second-order valence-corrected chi connectivity index (χ2v) is 5.82. The molecule has 0 heterocycles. The normalized spacial score (nSPS) is 11.0. The second-order valence-electron chi connectivity index (χ2n) is 5.82. The topological polar surface area (TPSA) is 64.6 Å². The van der Waals surface area contributed by atoms with E-state index >= 15 is 0 Å². The third-order valence-electron chi connectivity index (χ3n) is 3.44. The average Bonchev–Trinajstić information content (AvgIpc) is 2.58. The van der Waals surface area contributed by atoms with Gasteiger partial charge < -0.3 is 14.8 Å². The number of rotatable bonds is 5. The third-order valence-corrected chi connectivity index (χ3v) is 3.44. The molecule has 0 unspecified atom stereocenters. The van der Waals surface area contributed by atoms with Crippen molar-refractivity contribution >= 4 is 17.6 Å². The summed E-state index contributed by atoms with van der Waals surface area (Å²) in [6, 6.07) is 6.28. The van der Waals surface area contributed by atoms with Gasteiger partial charge in [-0.25, -0.2) is 18.0 Å². The van der Waals surface area contributed by atoms with E-state index in [1.54, 1.807) is 0 Å². The highest BCUT2D eigenvalue weighted by Gasteiger charge is 2.31. The van der Waals surface area contributed by atoms with Crippen molar-refractivity contribution in [3.05, 3.63) is 59.4 Å². The molecule has 2 aromatic carbocycles. The maximum atomic E-state index is 13.9. The number of methoxy groups -OCH3 is 1. The van der Waals surface area contributed by atoms with Gasteiger partial charge >= 0.3 is 5.97 Å². The van der Waals surface area contributed by atoms with Gasteiger partial charge in [0.1, 0.15) is 23.2 Å². The first-order valence-corrected chi connectivity index (χ1v) is 7.47. The van der Waals surface area contributed by atoms with E-state index in [0.717, 1.165) is 25.3 Å². The van der Waals surface area contributed by atoms with Gasteiger partial charge in [0.25, 0.3) is 5.91 Å². The summed E-state index contributed by atoms with van der Waals surface area (Å²) >= 11 is 0. The lowest BCUT2D eigenvalue weighted by Crippen LogP contribution is -2.42. The highest BCUT2D eigenvalue weighted by Crippen LogP contribution is 2.24. The van der Waals surface area contributed by atoms with Crippen molar-refractivity contribution in [2.24, 2.45) is 0 Å². The number of halogens is 3. The fourth-order valence-electron chi connectivity index (χ4n) is 2.03. The first-order valence-electron chi connectivity index (χ1n) is 7.47. The number of anilines is 1. The van der Waals surface area contributed by atoms with Gasteiger partial charge in [-0.2, -0.15) is 0 Å². The Morgan fingerprint density at radius 3 is 2.19 bits per heavy atom. The summed E-state index contributed by atoms with van der Waals surface area (Å²) in [4.78, 5) is 23.9. The van der Waals surface area contributed by atoms with Crippen molar-refractivity contribution in [3.63, 3.8) is 0 Å². The lowest BCUT2D eigenvalue weighted by Gasteiger charge is -2.25. The Morgan fingerprint density at radius 1 is 1.00 bits per heavy atom. The molecule has 0 atom stereocenters. The molecule has 0 radical (unpaired) electrons. The molecule has 8 heteroatoms. The minimum atomic E-state index is -1.47. The van der Waals surface area contributed by atoms with Gasteiger partial charge in [0.2, 0.25) is 0 Å². The number of nitrogens with one attached hydrogen (secondary N) is 1. The Bertz CT molecular complexity index is 835. The lowest BCUT2D eigenvalue weighted by atomic mass is 10.1. The highest BCUT2D eigenvalue weighted by atomic mass is 19.1. The smallest absolute Gasteiger partial charge is 0.340 e. The summed E-state index contributed by atoms with van der Waals surface area (Å²) in [5, 5.41) is 2.24. The third kappa shape index (κ3) is 4.33. The van der Waals surface area contributed by atoms with Crippen LogP contribution in [0.15, 0.2) is 36.4 Å². The molecule has 0 fully saturated rings. The number of ether oxygens (including phenoxy) is 2. The molecule has 0 saturated carbocycles. The Kier molecular flexibility index (Phi) is 5.54. The zero-order valence-electron chi connectivity index (χ0n) is 14.2. The van der Waals surface area contributed by atoms with Crippen LogP contribution < -0.4 is 10.1 Å². The van der Waals surface area contributed by atoms with Crippen molar-refractivity contribution < 1.29 is 32.2 Å². The van der Waals surface area contributed by atoms with Crippen LogP contribution in [0, 0.1) is 17.5 Å². The van der Waals surface area contributed by atoms with E-state index in [9.17, 15) is 22.8 Å². The summed E-state index contributed by atoms with van der Waals surface area (Å²) in [5.41, 5.74) is -2.40. The standard InChI is InChI=1S/C18H16F3NO4/c1-18(2,26-11-6-4-10(19)5-7-11)17(24)22-15-8-12(16(23)25-3)13(20)9-14(15)21/h4-9H,1-3H3,(H,22,24). The van der Waals surface area contributed by atoms with Gasteiger partial charge in [-0.15, -0.1) is 0 Å². The Balaban J connectivity index is 2.22. The fourth-order valence-corrected chi connectivity index (χ4v) is 2.03. The maximum Gasteiger partial charge on any atom is 0.340 e. The second kappa shape index (κ2) is 7.47. The maximum absolute atomic E-state index is 13.9. The molecule has 0 saturated heterocycles. The zero-order chi connectivity index (χ0) is 19.5. The van der Waals surface area contributed by atoms with Gasteiger partial charge in [0, 0.05) is 6.07 Å². The average molecular weight is 367 g/mol. The van der Waals surface area contributed by atoms with Crippen LogP contribution in [0.2, 0.25) is 0 Å². The minimum absolute atomic E-state index is 0.223. The quantitative estimate of drug-likeness (QED) is 0.819. The van der Waals surface area contributed by atoms with Crippen molar-refractivity contribution in [2.75, 3.05) is 12.4 Å². The SMILES string of the molecule is COC(=O)c1cc(NC(=O)C(C)(C)Oc2ccc(F)cc2)c(F)cc1F. The van der Waals surface area contributed by atoms with Crippen LogP contribution in [-0.2, 0) is 9.53 Å². The Labute approximate surface area is 147 Å². The number of carbonyl (C=O) groups is 2. The van der Waals surface area contributed by atoms with Crippen LogP contribution in [0.5, 0.6) is 5.75 Å². The molecule has 0 bridgehead atoms. The van der Waals surface area contributed by atoms with Crippen molar-refractivity contribution in [1.82, 2.24) is 0 Å². The number of benzene rings is 2. The van der Waals surface area contributed by atoms with Gasteiger partial charge in [-0.1, -0.05) is 0 Å². The molecule has 2 aromatic rings. The number of hydrogen-bond acceptors (Lipinski definition) is 4. The zero-order valence-corrected chi connectivity index (χ0v) is 14.2. The van der Waals surface area contributed by atoms with E-state index in [1.807, 2.05) is 0 Å². The number of amides is 1. The predicted octanol–water partition coefficient (Wildman–Crippen LogP) is 3.69. The number of carbonyl (C=O) groups excluding carboxylic acids is 2. The molecular formula is C18H16F3NO4. The monoisotopic (exact) mass is 367 g/mol. The molecule has 0 aliphatic rings. The molecule has 0 spiro atoms. The molecule has 0 aromatic heterocycles. The summed E-state index contributed by atoms with van der Waals surface area (Å²) in [7, 11) is 1.04. The van der Waals surface area contributed by atoms with Crippen LogP contribution in [-0.4, -0.2) is 24.6 Å². The summed E-state index contributed by atoms with van der Waals surface area (Å²) < 4.78 is 50.4. The van der Waals surface area contributed by atoms with E-state index in [2.05, 4.69) is 10.1 Å². The van der Waals surface area contributed by atoms with Crippen LogP contribution in [0.3, 0.4) is 0 Å². The van der Waals surface area contributed by atoms with Crippen molar-refractivity contribution in [3.8, 4) is 5.75 Å². The van der Waals surface area contributed by atoms with Crippen LogP contribution >= 0.6 is 0 Å². The van der Waals surface area contributed by atoms with E-state index in [4.69, 9.17) is 4.74 Å². The molecule has 1 amide bonds. The number of hydrogen-bond donors (Lipinski definition) is 1. The number of esters is 1. The van der Waals surface area contributed by atoms with Gasteiger partial charge in [0.15, 0.2) is 5.60 Å². The van der Waals surface area contributed by atoms with E-state index < -0.39 is 46.2 Å². The molecule has 5 nitrogen and oxygen atoms in total. The first kappa shape index (κ1) is 19.3. The Hall–Kier alpha value is -3.03.